The van der Waals surface area contributed by atoms with Crippen molar-refractivity contribution in [1.29, 1.82) is 0 Å². The number of amides is 2. The molecule has 2 aliphatic carbocycles. The van der Waals surface area contributed by atoms with Crippen molar-refractivity contribution in [3.8, 4) is 0 Å². The second-order valence-electron chi connectivity index (χ2n) is 6.98. The number of carboxylic acids is 1. The maximum atomic E-state index is 12.4. The van der Waals surface area contributed by atoms with Gasteiger partial charge in [0, 0.05) is 25.2 Å². The number of urea groups is 1. The molecule has 0 saturated heterocycles. The highest BCUT2D eigenvalue weighted by Crippen LogP contribution is 2.26. The number of hydrogen-bond acceptors (Lipinski definition) is 3. The van der Waals surface area contributed by atoms with Gasteiger partial charge in [-0.15, -0.1) is 0 Å². The van der Waals surface area contributed by atoms with E-state index in [-0.39, 0.29) is 24.7 Å². The van der Waals surface area contributed by atoms with E-state index in [4.69, 9.17) is 5.11 Å². The Labute approximate surface area is 139 Å². The fourth-order valence-electron chi connectivity index (χ4n) is 3.76. The minimum Gasteiger partial charge on any atom is -0.480 e. The lowest BCUT2D eigenvalue weighted by molar-refractivity contribution is -0.139. The Balaban J connectivity index is 1.73. The summed E-state index contributed by atoms with van der Waals surface area (Å²) in [7, 11) is 1.91. The van der Waals surface area contributed by atoms with Crippen LogP contribution in [0.5, 0.6) is 0 Å². The molecule has 23 heavy (non-hydrogen) atoms. The molecule has 0 radical (unpaired) electrons. The molecule has 2 aliphatic rings. The van der Waals surface area contributed by atoms with Crippen LogP contribution in [-0.4, -0.2) is 65.2 Å². The van der Waals surface area contributed by atoms with Gasteiger partial charge in [-0.2, -0.15) is 0 Å². The van der Waals surface area contributed by atoms with Gasteiger partial charge in [0.15, 0.2) is 0 Å². The molecule has 2 saturated carbocycles. The number of carboxylic acid groups (broad SMARTS) is 1. The molecule has 0 heterocycles. The average Bonchev–Trinajstić information content (AvgIpc) is 2.76. The molecule has 0 aliphatic heterocycles. The molecule has 0 aromatic rings. The molecular formula is C17H31N3O3. The fraction of sp³-hybridized carbons (Fsp3) is 0.882. The van der Waals surface area contributed by atoms with Gasteiger partial charge >= 0.3 is 12.0 Å². The number of nitrogens with one attached hydrogen (secondary N) is 1. The first-order valence-corrected chi connectivity index (χ1v) is 9.00. The second kappa shape index (κ2) is 8.52. The SMILES string of the molecule is CCN(CC(=O)O)C1CC(NC(=O)N(C)C2CCCCCC2)C1. The van der Waals surface area contributed by atoms with Gasteiger partial charge in [-0.1, -0.05) is 32.6 Å². The number of carbonyl (C=O) groups is 2. The van der Waals surface area contributed by atoms with E-state index in [1.165, 1.54) is 25.7 Å². The topological polar surface area (TPSA) is 72.9 Å². The van der Waals surface area contributed by atoms with Crippen LogP contribution in [0.25, 0.3) is 0 Å². The molecular weight excluding hydrogens is 294 g/mol. The smallest absolute Gasteiger partial charge is 0.317 e. The van der Waals surface area contributed by atoms with Crippen LogP contribution in [0.2, 0.25) is 0 Å². The van der Waals surface area contributed by atoms with Crippen molar-refractivity contribution in [2.24, 2.45) is 0 Å². The van der Waals surface area contributed by atoms with Crippen molar-refractivity contribution in [3.05, 3.63) is 0 Å². The highest BCUT2D eigenvalue weighted by Gasteiger charge is 2.35. The van der Waals surface area contributed by atoms with Crippen molar-refractivity contribution in [2.45, 2.75) is 76.4 Å². The van der Waals surface area contributed by atoms with Crippen LogP contribution in [0.3, 0.4) is 0 Å². The van der Waals surface area contributed by atoms with Crippen molar-refractivity contribution in [2.75, 3.05) is 20.1 Å². The van der Waals surface area contributed by atoms with Crippen molar-refractivity contribution in [1.82, 2.24) is 15.1 Å². The monoisotopic (exact) mass is 325 g/mol. The summed E-state index contributed by atoms with van der Waals surface area (Å²) in [5, 5.41) is 12.0. The van der Waals surface area contributed by atoms with Gasteiger partial charge in [0.25, 0.3) is 0 Å². The normalized spacial score (nSPS) is 25.5. The van der Waals surface area contributed by atoms with E-state index >= 15 is 0 Å². The third-order valence-electron chi connectivity index (χ3n) is 5.39. The van der Waals surface area contributed by atoms with Crippen molar-refractivity contribution >= 4 is 12.0 Å². The van der Waals surface area contributed by atoms with Crippen molar-refractivity contribution < 1.29 is 14.7 Å². The molecule has 132 valence electrons. The molecule has 0 atom stereocenters. The van der Waals surface area contributed by atoms with E-state index in [0.717, 1.165) is 32.2 Å². The molecule has 2 rings (SSSR count). The largest absolute Gasteiger partial charge is 0.480 e. The molecule has 0 bridgehead atoms. The summed E-state index contributed by atoms with van der Waals surface area (Å²) in [6.45, 7) is 2.80. The average molecular weight is 325 g/mol. The van der Waals surface area contributed by atoms with E-state index in [2.05, 4.69) is 5.32 Å². The quantitative estimate of drug-likeness (QED) is 0.735. The lowest BCUT2D eigenvalue weighted by Crippen LogP contribution is -2.57. The second-order valence-corrected chi connectivity index (χ2v) is 6.98. The van der Waals surface area contributed by atoms with Gasteiger partial charge in [-0.3, -0.25) is 9.69 Å². The third kappa shape index (κ3) is 5.09. The molecule has 2 fully saturated rings. The van der Waals surface area contributed by atoms with Gasteiger partial charge in [0.05, 0.1) is 6.54 Å². The van der Waals surface area contributed by atoms with Crippen LogP contribution in [0.4, 0.5) is 4.79 Å². The first kappa shape index (κ1) is 18.0. The molecule has 0 aromatic heterocycles. The van der Waals surface area contributed by atoms with Crippen LogP contribution in [0, 0.1) is 0 Å². The summed E-state index contributed by atoms with van der Waals surface area (Å²) < 4.78 is 0. The summed E-state index contributed by atoms with van der Waals surface area (Å²) in [5.74, 6) is -0.785. The highest BCUT2D eigenvalue weighted by molar-refractivity contribution is 5.74. The lowest BCUT2D eigenvalue weighted by Gasteiger charge is -2.43. The van der Waals surface area contributed by atoms with E-state index < -0.39 is 5.97 Å². The molecule has 2 amide bonds. The predicted octanol–water partition coefficient (Wildman–Crippen LogP) is 2.29. The van der Waals surface area contributed by atoms with E-state index in [9.17, 15) is 9.59 Å². The number of rotatable bonds is 6. The Kier molecular flexibility index (Phi) is 6.69. The Morgan fingerprint density at radius 2 is 1.70 bits per heavy atom. The van der Waals surface area contributed by atoms with Gasteiger partial charge in [-0.25, -0.2) is 4.79 Å². The summed E-state index contributed by atoms with van der Waals surface area (Å²) >= 11 is 0. The zero-order chi connectivity index (χ0) is 16.8. The Hall–Kier alpha value is -1.30. The van der Waals surface area contributed by atoms with Crippen molar-refractivity contribution in [3.63, 3.8) is 0 Å². The highest BCUT2D eigenvalue weighted by atomic mass is 16.4. The maximum Gasteiger partial charge on any atom is 0.317 e. The number of aliphatic carboxylic acids is 1. The summed E-state index contributed by atoms with van der Waals surface area (Å²) in [6.07, 6.45) is 8.93. The Bertz CT molecular complexity index is 402. The van der Waals surface area contributed by atoms with Crippen LogP contribution in [-0.2, 0) is 4.79 Å². The number of likely N-dealkylation sites (N-methyl/N-ethyl adjacent to an activating group) is 1. The van der Waals surface area contributed by atoms with E-state index in [1.54, 1.807) is 0 Å². The van der Waals surface area contributed by atoms with E-state index in [0.29, 0.717) is 6.04 Å². The minimum atomic E-state index is -0.785. The molecule has 6 nitrogen and oxygen atoms in total. The summed E-state index contributed by atoms with van der Waals surface area (Å²) in [5.41, 5.74) is 0. The van der Waals surface area contributed by atoms with Gasteiger partial charge in [0.1, 0.15) is 0 Å². The molecule has 0 aromatic carbocycles. The summed E-state index contributed by atoms with van der Waals surface area (Å²) in [6, 6.07) is 0.863. The van der Waals surface area contributed by atoms with Crippen LogP contribution in [0.15, 0.2) is 0 Å². The van der Waals surface area contributed by atoms with Gasteiger partial charge in [-0.05, 0) is 32.2 Å². The van der Waals surface area contributed by atoms with E-state index in [1.807, 2.05) is 23.8 Å². The molecule has 0 spiro atoms. The Morgan fingerprint density at radius 3 is 2.22 bits per heavy atom. The zero-order valence-electron chi connectivity index (χ0n) is 14.5. The van der Waals surface area contributed by atoms with Crippen LogP contribution < -0.4 is 5.32 Å². The molecule has 0 unspecified atom stereocenters. The Morgan fingerprint density at radius 1 is 1.09 bits per heavy atom. The first-order chi connectivity index (χ1) is 11.0. The first-order valence-electron chi connectivity index (χ1n) is 9.00. The summed E-state index contributed by atoms with van der Waals surface area (Å²) in [4.78, 5) is 27.1. The minimum absolute atomic E-state index is 0.0293. The number of carbonyl (C=O) groups excluding carboxylic acids is 1. The van der Waals surface area contributed by atoms with Crippen LogP contribution >= 0.6 is 0 Å². The maximum absolute atomic E-state index is 12.4. The third-order valence-corrected chi connectivity index (χ3v) is 5.39. The van der Waals surface area contributed by atoms with Gasteiger partial charge < -0.3 is 15.3 Å². The zero-order valence-corrected chi connectivity index (χ0v) is 14.5. The number of nitrogens with zero attached hydrogens (tertiary/aromatic N) is 2. The standard InChI is InChI=1S/C17H31N3O3/c1-3-20(12-16(21)22)15-10-13(11-15)18-17(23)19(2)14-8-6-4-5-7-9-14/h13-15H,3-12H2,1-2H3,(H,18,23)(H,21,22). The number of hydrogen-bond donors (Lipinski definition) is 2. The lowest BCUT2D eigenvalue weighted by atomic mass is 9.85. The predicted molar refractivity (Wildman–Crippen MR) is 89.5 cm³/mol. The molecule has 6 heteroatoms. The fourth-order valence-corrected chi connectivity index (χ4v) is 3.76. The molecule has 2 N–H and O–H groups in total. The van der Waals surface area contributed by atoms with Crippen LogP contribution in [0.1, 0.15) is 58.3 Å². The van der Waals surface area contributed by atoms with Gasteiger partial charge in [0.2, 0.25) is 0 Å².